The lowest BCUT2D eigenvalue weighted by atomic mass is 10.1. The highest BCUT2D eigenvalue weighted by atomic mass is 31.2. The molecule has 3 rings (SSSR count). The number of fused-ring (bicyclic) bond motifs is 1. The minimum Gasteiger partial charge on any atom is -0.388 e. The quantitative estimate of drug-likeness (QED) is 0.444. The van der Waals surface area contributed by atoms with E-state index >= 15 is 0 Å². The van der Waals surface area contributed by atoms with Crippen LogP contribution in [0.5, 0.6) is 0 Å². The molecule has 3 heterocycles. The predicted octanol–water partition coefficient (Wildman–Crippen LogP) is 2.31. The Morgan fingerprint density at radius 2 is 2.07 bits per heavy atom. The highest BCUT2D eigenvalue weighted by Gasteiger charge is 2.44. The second-order valence-electron chi connectivity index (χ2n) is 8.33. The van der Waals surface area contributed by atoms with Crippen LogP contribution in [0.1, 0.15) is 32.9 Å². The summed E-state index contributed by atoms with van der Waals surface area (Å²) in [6.45, 7) is 7.91. The van der Waals surface area contributed by atoms with E-state index in [1.54, 1.807) is 10.9 Å². The first-order valence-electron chi connectivity index (χ1n) is 9.97. The number of rotatable bonds is 8. The number of allylic oxidation sites excluding steroid dienone is 1. The average Bonchev–Trinajstić information content (AvgIpc) is 3.22. The van der Waals surface area contributed by atoms with Gasteiger partial charge in [-0.15, -0.1) is 13.2 Å². The van der Waals surface area contributed by atoms with Crippen molar-refractivity contribution in [3.63, 3.8) is 0 Å². The van der Waals surface area contributed by atoms with E-state index in [4.69, 9.17) is 4.74 Å². The maximum atomic E-state index is 10.6. The van der Waals surface area contributed by atoms with Gasteiger partial charge in [-0.3, -0.25) is 4.57 Å². The molecule has 0 bridgehead atoms. The molecule has 1 fully saturated rings. The standard InChI is InChI=1S/C20H32N5O3P/c1-6-13(2)7-9-21-18-15-19(23-11-22-18)25(12-24-15)20-17(27)16(26)14(28-20)8-10-29(3,4)5/h7,11-12,14,16-17,20,26-27H,3,6,8-10H2,1-2,4-5H3,(H,21,22,23)/b13-7-/t14?,16-,17-,20-/m1/s1. The molecule has 0 amide bonds. The first kappa shape index (κ1) is 22.0. The van der Waals surface area contributed by atoms with E-state index in [1.807, 2.05) is 0 Å². The van der Waals surface area contributed by atoms with Gasteiger partial charge in [0, 0.05) is 6.54 Å². The minimum atomic E-state index is -1.24. The van der Waals surface area contributed by atoms with Crippen molar-refractivity contribution < 1.29 is 14.9 Å². The van der Waals surface area contributed by atoms with Gasteiger partial charge in [0.2, 0.25) is 0 Å². The van der Waals surface area contributed by atoms with Gasteiger partial charge in [0.15, 0.2) is 23.2 Å². The molecule has 0 aromatic carbocycles. The fourth-order valence-corrected chi connectivity index (χ4v) is 4.26. The molecule has 1 aliphatic rings. The van der Waals surface area contributed by atoms with Crippen molar-refractivity contribution in [2.24, 2.45) is 0 Å². The lowest BCUT2D eigenvalue weighted by molar-refractivity contribution is -0.0353. The fraction of sp³-hybridized carbons (Fsp3) is 0.600. The third kappa shape index (κ3) is 5.07. The Labute approximate surface area is 172 Å². The van der Waals surface area contributed by atoms with E-state index in [0.717, 1.165) is 12.6 Å². The van der Waals surface area contributed by atoms with E-state index in [0.29, 0.717) is 29.9 Å². The Morgan fingerprint density at radius 3 is 2.76 bits per heavy atom. The van der Waals surface area contributed by atoms with Gasteiger partial charge in [-0.25, -0.2) is 15.0 Å². The largest absolute Gasteiger partial charge is 0.388 e. The average molecular weight is 421 g/mol. The maximum absolute atomic E-state index is 10.6. The Balaban J connectivity index is 1.80. The van der Waals surface area contributed by atoms with Crippen molar-refractivity contribution in [3.8, 4) is 0 Å². The Kier molecular flexibility index (Phi) is 6.79. The summed E-state index contributed by atoms with van der Waals surface area (Å²) in [5.41, 5.74) is 2.46. The summed E-state index contributed by atoms with van der Waals surface area (Å²) in [5.74, 6) is 0.627. The number of hydrogen-bond acceptors (Lipinski definition) is 7. The first-order chi connectivity index (χ1) is 13.7. The zero-order valence-corrected chi connectivity index (χ0v) is 18.5. The molecule has 0 saturated carbocycles. The second-order valence-corrected chi connectivity index (χ2v) is 12.6. The van der Waals surface area contributed by atoms with Gasteiger partial charge in [-0.2, -0.15) is 0 Å². The summed E-state index contributed by atoms with van der Waals surface area (Å²) in [7, 11) is 0. The molecule has 1 saturated heterocycles. The summed E-state index contributed by atoms with van der Waals surface area (Å²) in [5, 5.41) is 24.3. The molecule has 29 heavy (non-hydrogen) atoms. The number of imidazole rings is 1. The van der Waals surface area contributed by atoms with E-state index in [9.17, 15) is 10.2 Å². The number of aliphatic hydroxyl groups is 2. The van der Waals surface area contributed by atoms with Crippen LogP contribution in [0, 0.1) is 0 Å². The number of nitrogens with zero attached hydrogens (tertiary/aromatic N) is 4. The number of nitrogens with one attached hydrogen (secondary N) is 1. The van der Waals surface area contributed by atoms with Crippen molar-refractivity contribution in [1.82, 2.24) is 19.5 Å². The third-order valence-electron chi connectivity index (χ3n) is 5.27. The molecule has 2 aromatic rings. The summed E-state index contributed by atoms with van der Waals surface area (Å²) in [6.07, 6.45) is 8.74. The molecule has 9 heteroatoms. The highest BCUT2D eigenvalue weighted by Crippen LogP contribution is 2.40. The molecule has 1 aliphatic heterocycles. The van der Waals surface area contributed by atoms with Crippen LogP contribution < -0.4 is 5.32 Å². The molecule has 2 aromatic heterocycles. The molecule has 0 aliphatic carbocycles. The SMILES string of the molecule is C=P(C)(C)CCC1O[C@@H](n2cnc3c(NC/C=C(/C)CC)ncnc32)[C@H](O)[C@@H]1O. The number of aliphatic hydroxyl groups excluding tert-OH is 2. The van der Waals surface area contributed by atoms with E-state index in [-0.39, 0.29) is 0 Å². The van der Waals surface area contributed by atoms with Gasteiger partial charge in [-0.05, 0) is 39.3 Å². The van der Waals surface area contributed by atoms with Crippen LogP contribution in [0.4, 0.5) is 5.82 Å². The van der Waals surface area contributed by atoms with Crippen molar-refractivity contribution in [2.75, 3.05) is 31.4 Å². The lowest BCUT2D eigenvalue weighted by Crippen LogP contribution is -2.31. The van der Waals surface area contributed by atoms with Gasteiger partial charge in [0.1, 0.15) is 18.5 Å². The van der Waals surface area contributed by atoms with E-state index in [2.05, 4.69) is 59.8 Å². The normalized spacial score (nSPS) is 25.7. The number of ether oxygens (including phenoxy) is 1. The minimum absolute atomic E-state index is 0.435. The van der Waals surface area contributed by atoms with Gasteiger partial charge < -0.3 is 20.3 Å². The Morgan fingerprint density at radius 1 is 1.31 bits per heavy atom. The van der Waals surface area contributed by atoms with Crippen molar-refractivity contribution >= 4 is 30.2 Å². The van der Waals surface area contributed by atoms with Crippen LogP contribution in [0.15, 0.2) is 24.3 Å². The molecule has 3 N–H and O–H groups in total. The van der Waals surface area contributed by atoms with Gasteiger partial charge in [-0.1, -0.05) is 18.6 Å². The topological polar surface area (TPSA) is 105 Å². The molecule has 0 spiro atoms. The smallest absolute Gasteiger partial charge is 0.167 e. The summed E-state index contributed by atoms with van der Waals surface area (Å²) >= 11 is 0. The molecule has 4 atom stereocenters. The van der Waals surface area contributed by atoms with Crippen LogP contribution in [0.25, 0.3) is 11.2 Å². The Bertz CT molecular complexity index is 922. The summed E-state index contributed by atoms with van der Waals surface area (Å²) in [6, 6.07) is 0. The zero-order chi connectivity index (χ0) is 21.2. The number of aromatic nitrogens is 4. The van der Waals surface area contributed by atoms with Gasteiger partial charge in [0.05, 0.1) is 12.4 Å². The van der Waals surface area contributed by atoms with Gasteiger partial charge >= 0.3 is 0 Å². The predicted molar refractivity (Wildman–Crippen MR) is 119 cm³/mol. The lowest BCUT2D eigenvalue weighted by Gasteiger charge is -2.18. The molecular formula is C20H32N5O3P. The second kappa shape index (κ2) is 8.96. The van der Waals surface area contributed by atoms with Crippen LogP contribution in [0.3, 0.4) is 0 Å². The molecule has 0 radical (unpaired) electrons. The fourth-order valence-electron chi connectivity index (χ4n) is 3.31. The Hall–Kier alpha value is -1.73. The van der Waals surface area contributed by atoms with Crippen molar-refractivity contribution in [3.05, 3.63) is 24.3 Å². The van der Waals surface area contributed by atoms with Crippen molar-refractivity contribution in [2.45, 2.75) is 51.2 Å². The van der Waals surface area contributed by atoms with Crippen LogP contribution in [-0.4, -0.2) is 80.4 Å². The first-order valence-corrected chi connectivity index (χ1v) is 13.0. The third-order valence-corrected chi connectivity index (χ3v) is 6.74. The van der Waals surface area contributed by atoms with Gasteiger partial charge in [0.25, 0.3) is 0 Å². The zero-order valence-electron chi connectivity index (χ0n) is 17.6. The molecule has 1 unspecified atom stereocenters. The van der Waals surface area contributed by atoms with Crippen LogP contribution in [-0.2, 0) is 4.74 Å². The van der Waals surface area contributed by atoms with Crippen LogP contribution in [0.2, 0.25) is 0 Å². The highest BCUT2D eigenvalue weighted by molar-refractivity contribution is 7.72. The maximum Gasteiger partial charge on any atom is 0.167 e. The number of anilines is 1. The van der Waals surface area contributed by atoms with E-state index < -0.39 is 31.4 Å². The van der Waals surface area contributed by atoms with Crippen LogP contribution >= 0.6 is 6.89 Å². The van der Waals surface area contributed by atoms with Crippen molar-refractivity contribution in [1.29, 1.82) is 0 Å². The summed E-state index contributed by atoms with van der Waals surface area (Å²) in [4.78, 5) is 13.1. The number of hydrogen-bond donors (Lipinski definition) is 3. The molecular weight excluding hydrogens is 389 g/mol. The summed E-state index contributed by atoms with van der Waals surface area (Å²) < 4.78 is 7.70. The monoisotopic (exact) mass is 421 g/mol. The molecule has 8 nitrogen and oxygen atoms in total. The molecule has 160 valence electrons. The van der Waals surface area contributed by atoms with E-state index in [1.165, 1.54) is 11.9 Å².